The number of hydrogen-bond donors (Lipinski definition) is 2. The number of nitrogens with one attached hydrogen (secondary N) is 1. The highest BCUT2D eigenvalue weighted by atomic mass is 32.2. The van der Waals surface area contributed by atoms with E-state index < -0.39 is 18.0 Å². The maximum atomic E-state index is 12.2. The molecule has 0 fully saturated rings. The zero-order valence-corrected chi connectivity index (χ0v) is 14.5. The minimum absolute atomic E-state index is 0.0326. The SMILES string of the molecule is CC(=O)SCCN(CCOc1ccccc1)C(=O)NC(C)C(=O)O. The Hall–Kier alpha value is -2.22. The highest BCUT2D eigenvalue weighted by molar-refractivity contribution is 8.13. The van der Waals surface area contributed by atoms with Crippen molar-refractivity contribution < 1.29 is 24.2 Å². The summed E-state index contributed by atoms with van der Waals surface area (Å²) in [5.41, 5.74) is 0. The van der Waals surface area contributed by atoms with Crippen molar-refractivity contribution in [1.29, 1.82) is 0 Å². The van der Waals surface area contributed by atoms with E-state index in [1.807, 2.05) is 30.3 Å². The third-order valence-electron chi connectivity index (χ3n) is 3.04. The number of aliphatic carboxylic acids is 1. The molecule has 2 N–H and O–H groups in total. The van der Waals surface area contributed by atoms with Gasteiger partial charge in [-0.15, -0.1) is 0 Å². The summed E-state index contributed by atoms with van der Waals surface area (Å²) in [6.07, 6.45) is 0. The molecule has 0 aromatic heterocycles. The van der Waals surface area contributed by atoms with Crippen LogP contribution in [0.1, 0.15) is 13.8 Å². The van der Waals surface area contributed by atoms with Crippen molar-refractivity contribution in [2.75, 3.05) is 25.4 Å². The van der Waals surface area contributed by atoms with Gasteiger partial charge >= 0.3 is 12.0 Å². The van der Waals surface area contributed by atoms with Crippen LogP contribution in [0.2, 0.25) is 0 Å². The number of benzene rings is 1. The summed E-state index contributed by atoms with van der Waals surface area (Å²) in [7, 11) is 0. The number of hydrogen-bond acceptors (Lipinski definition) is 5. The van der Waals surface area contributed by atoms with E-state index in [0.717, 1.165) is 11.8 Å². The van der Waals surface area contributed by atoms with Gasteiger partial charge in [0.15, 0.2) is 5.12 Å². The van der Waals surface area contributed by atoms with Gasteiger partial charge in [0.05, 0.1) is 6.54 Å². The predicted molar refractivity (Wildman–Crippen MR) is 92.3 cm³/mol. The van der Waals surface area contributed by atoms with Crippen molar-refractivity contribution in [3.8, 4) is 5.75 Å². The topological polar surface area (TPSA) is 95.9 Å². The molecule has 8 heteroatoms. The third kappa shape index (κ3) is 7.87. The first-order valence-electron chi connectivity index (χ1n) is 7.49. The third-order valence-corrected chi connectivity index (χ3v) is 3.83. The van der Waals surface area contributed by atoms with Crippen LogP contribution in [-0.4, -0.2) is 58.6 Å². The molecule has 1 aromatic rings. The van der Waals surface area contributed by atoms with Crippen LogP contribution in [0.5, 0.6) is 5.75 Å². The summed E-state index contributed by atoms with van der Waals surface area (Å²) in [5.74, 6) is 0.0204. The van der Waals surface area contributed by atoms with Gasteiger partial charge in [0.2, 0.25) is 0 Å². The fourth-order valence-corrected chi connectivity index (χ4v) is 2.34. The highest BCUT2D eigenvalue weighted by Crippen LogP contribution is 2.08. The molecule has 1 rings (SSSR count). The van der Waals surface area contributed by atoms with Gasteiger partial charge in [-0.1, -0.05) is 30.0 Å². The van der Waals surface area contributed by atoms with Crippen molar-refractivity contribution in [1.82, 2.24) is 10.2 Å². The molecule has 0 saturated carbocycles. The van der Waals surface area contributed by atoms with Crippen LogP contribution in [0, 0.1) is 0 Å². The molecule has 0 spiro atoms. The summed E-state index contributed by atoms with van der Waals surface area (Å²) in [6, 6.07) is 7.70. The van der Waals surface area contributed by atoms with Crippen molar-refractivity contribution in [2.24, 2.45) is 0 Å². The second-order valence-electron chi connectivity index (χ2n) is 5.00. The monoisotopic (exact) mass is 354 g/mol. The highest BCUT2D eigenvalue weighted by Gasteiger charge is 2.19. The number of nitrogens with zero attached hydrogens (tertiary/aromatic N) is 1. The summed E-state index contributed by atoms with van der Waals surface area (Å²) < 4.78 is 5.55. The zero-order valence-electron chi connectivity index (χ0n) is 13.7. The molecule has 24 heavy (non-hydrogen) atoms. The van der Waals surface area contributed by atoms with Gasteiger partial charge in [-0.2, -0.15) is 0 Å². The first-order chi connectivity index (χ1) is 11.4. The van der Waals surface area contributed by atoms with Crippen LogP contribution in [0.25, 0.3) is 0 Å². The van der Waals surface area contributed by atoms with Crippen molar-refractivity contribution in [3.05, 3.63) is 30.3 Å². The number of urea groups is 1. The number of carboxylic acid groups (broad SMARTS) is 1. The number of ether oxygens (including phenoxy) is 1. The zero-order chi connectivity index (χ0) is 17.9. The maximum absolute atomic E-state index is 12.2. The smallest absolute Gasteiger partial charge is 0.325 e. The predicted octanol–water partition coefficient (Wildman–Crippen LogP) is 1.83. The van der Waals surface area contributed by atoms with Gasteiger partial charge in [0, 0.05) is 19.2 Å². The number of carbonyl (C=O) groups excluding carboxylic acids is 2. The maximum Gasteiger partial charge on any atom is 0.325 e. The van der Waals surface area contributed by atoms with Gasteiger partial charge < -0.3 is 20.1 Å². The Morgan fingerprint density at radius 1 is 1.25 bits per heavy atom. The minimum Gasteiger partial charge on any atom is -0.492 e. The van der Waals surface area contributed by atoms with Crippen molar-refractivity contribution >= 4 is 28.9 Å². The van der Waals surface area contributed by atoms with Gasteiger partial charge in [-0.25, -0.2) is 4.79 Å². The molecule has 1 atom stereocenters. The molecule has 2 amide bonds. The lowest BCUT2D eigenvalue weighted by molar-refractivity contribution is -0.138. The van der Waals surface area contributed by atoms with E-state index in [1.165, 1.54) is 18.7 Å². The Kier molecular flexibility index (Phi) is 8.70. The standard InChI is InChI=1S/C16H22N2O5S/c1-12(15(20)21)17-16(22)18(9-11-24-13(2)19)8-10-23-14-6-4-3-5-7-14/h3-7,12H,8-11H2,1-2H3,(H,17,22)(H,20,21). The Balaban J connectivity index is 2.54. The molecule has 0 aliphatic rings. The molecule has 7 nitrogen and oxygen atoms in total. The lowest BCUT2D eigenvalue weighted by Gasteiger charge is -2.24. The van der Waals surface area contributed by atoms with E-state index in [0.29, 0.717) is 18.0 Å². The Morgan fingerprint density at radius 2 is 1.92 bits per heavy atom. The van der Waals surface area contributed by atoms with Gasteiger partial charge in [0.25, 0.3) is 0 Å². The molecule has 132 valence electrons. The van der Waals surface area contributed by atoms with Crippen LogP contribution >= 0.6 is 11.8 Å². The van der Waals surface area contributed by atoms with Crippen LogP contribution in [0.15, 0.2) is 30.3 Å². The molecule has 0 radical (unpaired) electrons. The van der Waals surface area contributed by atoms with E-state index >= 15 is 0 Å². The fraction of sp³-hybridized carbons (Fsp3) is 0.438. The molecule has 0 bridgehead atoms. The summed E-state index contributed by atoms with van der Waals surface area (Å²) in [5, 5.41) is 11.3. The second-order valence-corrected chi connectivity index (χ2v) is 6.27. The Bertz CT molecular complexity index is 553. The molecular formula is C16H22N2O5S. The number of thioether (sulfide) groups is 1. The van der Waals surface area contributed by atoms with Crippen LogP contribution in [0.3, 0.4) is 0 Å². The number of rotatable bonds is 9. The molecule has 0 saturated heterocycles. The number of carboxylic acids is 1. The number of amides is 2. The van der Waals surface area contributed by atoms with Gasteiger partial charge in [0.1, 0.15) is 18.4 Å². The summed E-state index contributed by atoms with van der Waals surface area (Å²) in [6.45, 7) is 3.72. The largest absolute Gasteiger partial charge is 0.492 e. The molecule has 0 aliphatic carbocycles. The quantitative estimate of drug-likeness (QED) is 0.702. The van der Waals surface area contributed by atoms with E-state index in [4.69, 9.17) is 9.84 Å². The van der Waals surface area contributed by atoms with E-state index in [9.17, 15) is 14.4 Å². The fourth-order valence-electron chi connectivity index (χ4n) is 1.74. The summed E-state index contributed by atoms with van der Waals surface area (Å²) in [4.78, 5) is 35.5. The molecule has 1 unspecified atom stereocenters. The first kappa shape index (κ1) is 19.8. The molecule has 0 heterocycles. The molecular weight excluding hydrogens is 332 g/mol. The Morgan fingerprint density at radius 3 is 2.50 bits per heavy atom. The van der Waals surface area contributed by atoms with E-state index in [2.05, 4.69) is 5.32 Å². The van der Waals surface area contributed by atoms with Crippen LogP contribution < -0.4 is 10.1 Å². The van der Waals surface area contributed by atoms with E-state index in [1.54, 1.807) is 0 Å². The van der Waals surface area contributed by atoms with Crippen LogP contribution in [-0.2, 0) is 9.59 Å². The Labute approximate surface area is 145 Å². The van der Waals surface area contributed by atoms with Crippen molar-refractivity contribution in [2.45, 2.75) is 19.9 Å². The van der Waals surface area contributed by atoms with Gasteiger partial charge in [-0.05, 0) is 19.1 Å². The second kappa shape index (κ2) is 10.5. The van der Waals surface area contributed by atoms with Crippen molar-refractivity contribution in [3.63, 3.8) is 0 Å². The number of carbonyl (C=O) groups is 3. The minimum atomic E-state index is -1.11. The lowest BCUT2D eigenvalue weighted by atomic mass is 10.3. The molecule has 0 aliphatic heterocycles. The normalized spacial score (nSPS) is 11.4. The van der Waals surface area contributed by atoms with Crippen LogP contribution in [0.4, 0.5) is 4.79 Å². The van der Waals surface area contributed by atoms with Gasteiger partial charge in [-0.3, -0.25) is 9.59 Å². The lowest BCUT2D eigenvalue weighted by Crippen LogP contribution is -2.48. The number of para-hydroxylation sites is 1. The average Bonchev–Trinajstić information content (AvgIpc) is 2.53. The summed E-state index contributed by atoms with van der Waals surface area (Å²) >= 11 is 1.11. The first-order valence-corrected chi connectivity index (χ1v) is 8.48. The average molecular weight is 354 g/mol. The van der Waals surface area contributed by atoms with E-state index in [-0.39, 0.29) is 18.3 Å². The molecule has 1 aromatic carbocycles.